The maximum absolute atomic E-state index is 13.3. The molecule has 0 bridgehead atoms. The zero-order valence-corrected chi connectivity index (χ0v) is 25.1. The molecule has 1 saturated heterocycles. The second-order valence-electron chi connectivity index (χ2n) is 12.5. The Morgan fingerprint density at radius 1 is 1.02 bits per heavy atom. The number of hydrogen-bond acceptors (Lipinski definition) is 11. The highest BCUT2D eigenvalue weighted by atomic mass is 16.6. The molecule has 3 rings (SSSR count). The van der Waals surface area contributed by atoms with E-state index in [2.05, 4.69) is 6.58 Å². The molecule has 2 aliphatic carbocycles. The minimum absolute atomic E-state index is 0.00703. The molecule has 0 aromatic carbocycles. The molecule has 0 spiro atoms. The van der Waals surface area contributed by atoms with Crippen molar-refractivity contribution >= 4 is 29.8 Å². The van der Waals surface area contributed by atoms with E-state index in [0.29, 0.717) is 18.4 Å². The van der Waals surface area contributed by atoms with Crippen LogP contribution in [0.4, 0.5) is 0 Å². The van der Waals surface area contributed by atoms with Crippen molar-refractivity contribution in [2.45, 2.75) is 104 Å². The van der Waals surface area contributed by atoms with Crippen LogP contribution in [0.25, 0.3) is 0 Å². The molecule has 1 aliphatic heterocycles. The van der Waals surface area contributed by atoms with Gasteiger partial charge in [0.25, 0.3) is 0 Å². The fourth-order valence-electron chi connectivity index (χ4n) is 6.35. The maximum Gasteiger partial charge on any atom is 0.333 e. The average molecular weight is 579 g/mol. The van der Waals surface area contributed by atoms with Crippen molar-refractivity contribution in [3.05, 3.63) is 23.8 Å². The Balaban J connectivity index is 2.40. The van der Waals surface area contributed by atoms with E-state index in [9.17, 15) is 29.1 Å². The minimum atomic E-state index is -2.18. The molecule has 0 radical (unpaired) electrons. The molecule has 3 aliphatic rings. The molecule has 0 aromatic heterocycles. The Kier molecular flexibility index (Phi) is 9.13. The topological polar surface area (TPSA) is 152 Å². The number of rotatable bonds is 4. The lowest BCUT2D eigenvalue weighted by Crippen LogP contribution is -2.65. The van der Waals surface area contributed by atoms with Gasteiger partial charge in [-0.25, -0.2) is 4.79 Å². The van der Waals surface area contributed by atoms with Crippen molar-refractivity contribution in [2.75, 3.05) is 7.11 Å². The highest BCUT2D eigenvalue weighted by Crippen LogP contribution is 2.56. The summed E-state index contributed by atoms with van der Waals surface area (Å²) >= 11 is 0. The van der Waals surface area contributed by atoms with Gasteiger partial charge in [0, 0.05) is 25.3 Å². The third kappa shape index (κ3) is 5.91. The maximum atomic E-state index is 13.3. The van der Waals surface area contributed by atoms with Gasteiger partial charge in [-0.2, -0.15) is 0 Å². The lowest BCUT2D eigenvalue weighted by Gasteiger charge is -2.55. The molecule has 8 atom stereocenters. The monoisotopic (exact) mass is 578 g/mol. The summed E-state index contributed by atoms with van der Waals surface area (Å²) in [5, 5.41) is 12.4. The first-order chi connectivity index (χ1) is 18.9. The molecule has 11 nitrogen and oxygen atoms in total. The van der Waals surface area contributed by atoms with Gasteiger partial charge in [-0.15, -0.1) is 0 Å². The van der Waals surface area contributed by atoms with Crippen LogP contribution in [-0.4, -0.2) is 72.1 Å². The van der Waals surface area contributed by atoms with Gasteiger partial charge >= 0.3 is 29.8 Å². The summed E-state index contributed by atoms with van der Waals surface area (Å²) in [7, 11) is 1.19. The number of ether oxygens (including phenoxy) is 5. The highest BCUT2D eigenvalue weighted by Gasteiger charge is 2.67. The van der Waals surface area contributed by atoms with Crippen LogP contribution in [0, 0.1) is 22.7 Å². The summed E-state index contributed by atoms with van der Waals surface area (Å²) in [6.07, 6.45) is -2.70. The third-order valence-electron chi connectivity index (χ3n) is 8.67. The minimum Gasteiger partial charge on any atom is -0.466 e. The molecule has 0 aromatic rings. The van der Waals surface area contributed by atoms with Crippen LogP contribution in [0.2, 0.25) is 0 Å². The number of esters is 5. The van der Waals surface area contributed by atoms with Crippen LogP contribution in [-0.2, 0) is 47.7 Å². The van der Waals surface area contributed by atoms with Crippen LogP contribution in [0.15, 0.2) is 23.8 Å². The molecule has 1 saturated carbocycles. The summed E-state index contributed by atoms with van der Waals surface area (Å²) in [5.74, 6) is -5.54. The van der Waals surface area contributed by atoms with Crippen molar-refractivity contribution in [1.82, 2.24) is 0 Å². The van der Waals surface area contributed by atoms with Gasteiger partial charge < -0.3 is 28.8 Å². The van der Waals surface area contributed by atoms with Crippen LogP contribution in [0.1, 0.15) is 74.1 Å². The second kappa shape index (κ2) is 11.6. The second-order valence-corrected chi connectivity index (χ2v) is 12.5. The Morgan fingerprint density at radius 3 is 2.12 bits per heavy atom. The van der Waals surface area contributed by atoms with E-state index in [4.69, 9.17) is 23.7 Å². The molecular weight excluding hydrogens is 536 g/mol. The molecule has 1 N–H and O–H groups in total. The standard InChI is InChI=1S/C30H42O11/c1-15-10-12-20(38-17(3)31)29(8)21(41-27(35)28(5,6)7)13-11-19(26(34)37-9)14-22-30(36,16(2)25(33)40-22)24(23(15)29)39-18(4)32/h14,16,20-24,36H,1,10-13H2,2-9H3/b19-14+/t16-,20-,21-,22-,23+,24-,29+,30-/m0/s1. The van der Waals surface area contributed by atoms with Gasteiger partial charge in [0.05, 0.1) is 23.9 Å². The lowest BCUT2D eigenvalue weighted by molar-refractivity contribution is -0.222. The van der Waals surface area contributed by atoms with Crippen molar-refractivity contribution in [1.29, 1.82) is 0 Å². The number of fused-ring (bicyclic) bond motifs is 2. The fourth-order valence-corrected chi connectivity index (χ4v) is 6.35. The first kappa shape index (κ1) is 32.3. The number of methoxy groups -OCH3 is 1. The number of aliphatic hydroxyl groups is 1. The largest absolute Gasteiger partial charge is 0.466 e. The molecule has 1 heterocycles. The molecule has 2 fully saturated rings. The Bertz CT molecular complexity index is 1150. The number of hydrogen-bond donors (Lipinski definition) is 1. The van der Waals surface area contributed by atoms with Gasteiger partial charge in [0.2, 0.25) is 0 Å². The van der Waals surface area contributed by atoms with E-state index in [1.54, 1.807) is 27.7 Å². The van der Waals surface area contributed by atoms with Gasteiger partial charge in [0.1, 0.15) is 18.3 Å². The molecule has 11 heteroatoms. The predicted molar refractivity (Wildman–Crippen MR) is 144 cm³/mol. The molecule has 228 valence electrons. The molecule has 41 heavy (non-hydrogen) atoms. The SMILES string of the molecule is C=C1CC[C@H](OC(C)=O)[C@]2(C)[C@@H](OC(=O)C(C)(C)C)CC/C(C(=O)OC)=C\[C@@H]3OC(=O)[C@H](C)[C@@]3(O)[C@@H](OC(C)=O)[C@@H]12. The molecule has 0 amide bonds. The first-order valence-corrected chi connectivity index (χ1v) is 13.8. The van der Waals surface area contributed by atoms with Crippen molar-refractivity contribution in [3.8, 4) is 0 Å². The lowest BCUT2D eigenvalue weighted by atomic mass is 9.55. The molecule has 0 unspecified atom stereocenters. The summed E-state index contributed by atoms with van der Waals surface area (Å²) in [6.45, 7) is 14.9. The van der Waals surface area contributed by atoms with Crippen molar-refractivity contribution in [3.63, 3.8) is 0 Å². The van der Waals surface area contributed by atoms with Crippen LogP contribution >= 0.6 is 0 Å². The van der Waals surface area contributed by atoms with Gasteiger partial charge in [0.15, 0.2) is 11.7 Å². The average Bonchev–Trinajstić information content (AvgIpc) is 3.08. The Labute approximate surface area is 240 Å². The van der Waals surface area contributed by atoms with E-state index in [0.717, 1.165) is 0 Å². The zero-order valence-electron chi connectivity index (χ0n) is 25.1. The first-order valence-electron chi connectivity index (χ1n) is 13.8. The van der Waals surface area contributed by atoms with E-state index in [1.165, 1.54) is 34.0 Å². The molecular formula is C30H42O11. The normalized spacial score (nSPS) is 36.9. The summed E-state index contributed by atoms with van der Waals surface area (Å²) in [6, 6.07) is 0. The van der Waals surface area contributed by atoms with Gasteiger partial charge in [-0.05, 0) is 59.5 Å². The summed E-state index contributed by atoms with van der Waals surface area (Å²) in [4.78, 5) is 64.1. The van der Waals surface area contributed by atoms with Crippen LogP contribution in [0.3, 0.4) is 0 Å². The van der Waals surface area contributed by atoms with E-state index in [1.807, 2.05) is 0 Å². The van der Waals surface area contributed by atoms with Crippen LogP contribution < -0.4 is 0 Å². The quantitative estimate of drug-likeness (QED) is 0.298. The third-order valence-corrected chi connectivity index (χ3v) is 8.67. The number of carbonyl (C=O) groups excluding carboxylic acids is 5. The van der Waals surface area contributed by atoms with Crippen molar-refractivity contribution in [2.24, 2.45) is 22.7 Å². The number of carbonyl (C=O) groups is 5. The van der Waals surface area contributed by atoms with Crippen LogP contribution in [0.5, 0.6) is 0 Å². The van der Waals surface area contributed by atoms with Gasteiger partial charge in [-0.3, -0.25) is 19.2 Å². The Hall–Kier alpha value is -3.21. The van der Waals surface area contributed by atoms with E-state index < -0.39 is 82.5 Å². The van der Waals surface area contributed by atoms with E-state index in [-0.39, 0.29) is 18.4 Å². The summed E-state index contributed by atoms with van der Waals surface area (Å²) < 4.78 is 28.4. The smallest absolute Gasteiger partial charge is 0.333 e. The zero-order chi connectivity index (χ0) is 31.1. The fraction of sp³-hybridized carbons (Fsp3) is 0.700. The van der Waals surface area contributed by atoms with Gasteiger partial charge in [-0.1, -0.05) is 19.1 Å². The van der Waals surface area contributed by atoms with Crippen molar-refractivity contribution < 1.29 is 52.8 Å². The Morgan fingerprint density at radius 2 is 1.59 bits per heavy atom. The van der Waals surface area contributed by atoms with E-state index >= 15 is 0 Å². The predicted octanol–water partition coefficient (Wildman–Crippen LogP) is 2.97. The summed E-state index contributed by atoms with van der Waals surface area (Å²) in [5.41, 5.74) is -3.80. The highest BCUT2D eigenvalue weighted by molar-refractivity contribution is 5.89.